The van der Waals surface area contributed by atoms with E-state index < -0.39 is 17.7 Å². The molecule has 4 aromatic rings. The summed E-state index contributed by atoms with van der Waals surface area (Å²) < 4.78 is 0.517. The van der Waals surface area contributed by atoms with Gasteiger partial charge in [0.1, 0.15) is 26.4 Å². The Balaban J connectivity index is 2.08. The van der Waals surface area contributed by atoms with E-state index in [4.69, 9.17) is 0 Å². The molecule has 0 saturated heterocycles. The Labute approximate surface area is 169 Å². The standard InChI is InChI=1S/C19H16N6O3S/c1-9-20-15-16-19(23-14-8-6-5-7-13(14)22-16)29-17(15)18(21-9)25(12(4)28)24(10(2)26)11(3)27/h5-8H,1-4H3. The minimum atomic E-state index is -0.597. The number of benzene rings is 1. The Morgan fingerprint density at radius 2 is 1.45 bits per heavy atom. The van der Waals surface area contributed by atoms with Crippen LogP contribution in [-0.2, 0) is 14.4 Å². The van der Waals surface area contributed by atoms with Crippen molar-refractivity contribution in [3.8, 4) is 0 Å². The van der Waals surface area contributed by atoms with Gasteiger partial charge in [0.15, 0.2) is 5.82 Å². The highest BCUT2D eigenvalue weighted by molar-refractivity contribution is 7.25. The molecule has 3 heterocycles. The lowest BCUT2D eigenvalue weighted by Gasteiger charge is -2.29. The molecule has 1 aromatic carbocycles. The molecule has 0 unspecified atom stereocenters. The van der Waals surface area contributed by atoms with Crippen molar-refractivity contribution >= 4 is 66.5 Å². The van der Waals surface area contributed by atoms with Crippen LogP contribution in [0.4, 0.5) is 5.82 Å². The molecule has 0 aliphatic carbocycles. The molecular formula is C19H16N6O3S. The Morgan fingerprint density at radius 1 is 0.828 bits per heavy atom. The summed E-state index contributed by atoms with van der Waals surface area (Å²) in [6.45, 7) is 5.36. The molecule has 0 saturated carbocycles. The number of aromatic nitrogens is 4. The number of fused-ring (bicyclic) bond motifs is 4. The minimum Gasteiger partial charge on any atom is -0.273 e. The van der Waals surface area contributed by atoms with Gasteiger partial charge < -0.3 is 0 Å². The summed E-state index contributed by atoms with van der Waals surface area (Å²) in [5.74, 6) is -1.20. The first-order valence-corrected chi connectivity index (χ1v) is 9.55. The number of nitrogens with zero attached hydrogens (tertiary/aromatic N) is 6. The minimum absolute atomic E-state index is 0.152. The summed E-state index contributed by atoms with van der Waals surface area (Å²) in [6.07, 6.45) is 0. The van der Waals surface area contributed by atoms with E-state index in [1.54, 1.807) is 6.92 Å². The number of hydrazine groups is 1. The van der Waals surface area contributed by atoms with Gasteiger partial charge in [-0.3, -0.25) is 14.4 Å². The molecule has 0 bridgehead atoms. The summed E-state index contributed by atoms with van der Waals surface area (Å²) in [7, 11) is 0. The van der Waals surface area contributed by atoms with Gasteiger partial charge in [-0.1, -0.05) is 12.1 Å². The maximum atomic E-state index is 12.4. The molecule has 146 valence electrons. The summed E-state index contributed by atoms with van der Waals surface area (Å²) >= 11 is 1.26. The summed E-state index contributed by atoms with van der Waals surface area (Å²) in [4.78, 5) is 55.5. The van der Waals surface area contributed by atoms with Crippen LogP contribution in [0.3, 0.4) is 0 Å². The van der Waals surface area contributed by atoms with Crippen LogP contribution < -0.4 is 5.01 Å². The largest absolute Gasteiger partial charge is 0.273 e. The normalized spacial score (nSPS) is 11.2. The smallest absolute Gasteiger partial charge is 0.245 e. The first-order valence-electron chi connectivity index (χ1n) is 8.73. The van der Waals surface area contributed by atoms with Gasteiger partial charge in [0.25, 0.3) is 0 Å². The molecule has 0 atom stereocenters. The van der Waals surface area contributed by atoms with Crippen LogP contribution in [0.25, 0.3) is 31.6 Å². The highest BCUT2D eigenvalue weighted by Gasteiger charge is 2.31. The van der Waals surface area contributed by atoms with Gasteiger partial charge in [-0.15, -0.1) is 11.3 Å². The predicted molar refractivity (Wildman–Crippen MR) is 109 cm³/mol. The lowest BCUT2D eigenvalue weighted by atomic mass is 10.3. The molecular weight excluding hydrogens is 392 g/mol. The zero-order chi connectivity index (χ0) is 20.9. The van der Waals surface area contributed by atoms with Crippen molar-refractivity contribution in [3.05, 3.63) is 30.1 Å². The molecule has 10 heteroatoms. The molecule has 0 N–H and O–H groups in total. The SMILES string of the molecule is CC(=O)N(C(C)=O)N(C(C)=O)c1nc(C)nc2c1sc1nc3ccccc3nc12. The maximum absolute atomic E-state index is 12.4. The van der Waals surface area contributed by atoms with Gasteiger partial charge in [-0.05, 0) is 19.1 Å². The summed E-state index contributed by atoms with van der Waals surface area (Å²) in [6, 6.07) is 7.47. The number of hydrogen-bond acceptors (Lipinski definition) is 8. The fraction of sp³-hybridized carbons (Fsp3) is 0.211. The number of aryl methyl sites for hydroxylation is 1. The molecule has 0 fully saturated rings. The van der Waals surface area contributed by atoms with Crippen molar-refractivity contribution in [1.29, 1.82) is 0 Å². The van der Waals surface area contributed by atoms with E-state index in [2.05, 4.69) is 19.9 Å². The van der Waals surface area contributed by atoms with Crippen LogP contribution in [0.15, 0.2) is 24.3 Å². The third-order valence-corrected chi connectivity index (χ3v) is 5.27. The van der Waals surface area contributed by atoms with E-state index in [9.17, 15) is 14.4 Å². The number of anilines is 1. The van der Waals surface area contributed by atoms with Gasteiger partial charge >= 0.3 is 0 Å². The van der Waals surface area contributed by atoms with Crippen LogP contribution in [0.1, 0.15) is 26.6 Å². The molecule has 0 aliphatic heterocycles. The highest BCUT2D eigenvalue weighted by atomic mass is 32.1. The van der Waals surface area contributed by atoms with Crippen molar-refractivity contribution in [3.63, 3.8) is 0 Å². The van der Waals surface area contributed by atoms with E-state index in [1.807, 2.05) is 24.3 Å². The third kappa shape index (κ3) is 3.07. The Bertz CT molecular complexity index is 1320. The average molecular weight is 408 g/mol. The van der Waals surface area contributed by atoms with Crippen LogP contribution in [0.5, 0.6) is 0 Å². The summed E-state index contributed by atoms with van der Waals surface area (Å²) in [5.41, 5.74) is 2.55. The molecule has 3 aromatic heterocycles. The van der Waals surface area contributed by atoms with Crippen molar-refractivity contribution in [2.45, 2.75) is 27.7 Å². The average Bonchev–Trinajstić information content (AvgIpc) is 3.00. The van der Waals surface area contributed by atoms with Crippen LogP contribution in [0.2, 0.25) is 0 Å². The van der Waals surface area contributed by atoms with Crippen molar-refractivity contribution < 1.29 is 14.4 Å². The molecule has 4 rings (SSSR count). The molecule has 0 spiro atoms. The third-order valence-electron chi connectivity index (χ3n) is 4.22. The number of hydrogen-bond donors (Lipinski definition) is 0. The lowest BCUT2D eigenvalue weighted by molar-refractivity contribution is -0.146. The number of para-hydroxylation sites is 2. The molecule has 9 nitrogen and oxygen atoms in total. The first kappa shape index (κ1) is 18.8. The van der Waals surface area contributed by atoms with Gasteiger partial charge in [0.2, 0.25) is 17.7 Å². The topological polar surface area (TPSA) is 109 Å². The molecule has 29 heavy (non-hydrogen) atoms. The molecule has 3 amide bonds. The van der Waals surface area contributed by atoms with Crippen LogP contribution in [-0.4, -0.2) is 42.7 Å². The fourth-order valence-corrected chi connectivity index (χ4v) is 4.18. The Kier molecular flexibility index (Phi) is 4.42. The second-order valence-corrected chi connectivity index (χ2v) is 7.42. The number of rotatable bonds is 1. The second kappa shape index (κ2) is 6.82. The van der Waals surface area contributed by atoms with Gasteiger partial charge in [0.05, 0.1) is 11.0 Å². The van der Waals surface area contributed by atoms with E-state index in [1.165, 1.54) is 32.1 Å². The fourth-order valence-electron chi connectivity index (χ4n) is 3.14. The Hall–Kier alpha value is -3.53. The van der Waals surface area contributed by atoms with Crippen molar-refractivity contribution in [2.24, 2.45) is 0 Å². The zero-order valence-electron chi connectivity index (χ0n) is 16.1. The summed E-state index contributed by atoms with van der Waals surface area (Å²) in [5, 5.41) is 1.75. The van der Waals surface area contributed by atoms with E-state index in [-0.39, 0.29) is 5.82 Å². The first-order chi connectivity index (χ1) is 13.8. The Morgan fingerprint density at radius 3 is 2.03 bits per heavy atom. The van der Waals surface area contributed by atoms with Gasteiger partial charge in [-0.25, -0.2) is 19.9 Å². The predicted octanol–water partition coefficient (Wildman–Crippen LogP) is 2.76. The monoisotopic (exact) mass is 408 g/mol. The number of carbonyl (C=O) groups is 3. The van der Waals surface area contributed by atoms with E-state index >= 15 is 0 Å². The van der Waals surface area contributed by atoms with Crippen molar-refractivity contribution in [1.82, 2.24) is 24.9 Å². The van der Waals surface area contributed by atoms with Gasteiger partial charge in [-0.2, -0.15) is 10.0 Å². The second-order valence-electron chi connectivity index (χ2n) is 6.42. The van der Waals surface area contributed by atoms with E-state index in [0.29, 0.717) is 26.4 Å². The number of carbonyl (C=O) groups excluding carboxylic acids is 3. The molecule has 0 aliphatic rings. The zero-order valence-corrected chi connectivity index (χ0v) is 16.9. The number of amides is 3. The number of imide groups is 1. The van der Waals surface area contributed by atoms with Crippen molar-refractivity contribution in [2.75, 3.05) is 5.01 Å². The quantitative estimate of drug-likeness (QED) is 0.445. The van der Waals surface area contributed by atoms with Gasteiger partial charge in [0, 0.05) is 20.8 Å². The molecule has 0 radical (unpaired) electrons. The maximum Gasteiger partial charge on any atom is 0.245 e. The van der Waals surface area contributed by atoms with Crippen LogP contribution >= 0.6 is 11.3 Å². The number of thiophene rings is 1. The lowest BCUT2D eigenvalue weighted by Crippen LogP contribution is -2.51. The van der Waals surface area contributed by atoms with E-state index in [0.717, 1.165) is 21.1 Å². The van der Waals surface area contributed by atoms with Crippen LogP contribution in [0, 0.1) is 6.92 Å². The highest BCUT2D eigenvalue weighted by Crippen LogP contribution is 2.37.